The number of amides is 1. The summed E-state index contributed by atoms with van der Waals surface area (Å²) in [4.78, 5) is 50.3. The van der Waals surface area contributed by atoms with Crippen LogP contribution in [0, 0.1) is 10.1 Å². The van der Waals surface area contributed by atoms with Gasteiger partial charge in [0.1, 0.15) is 6.54 Å². The van der Waals surface area contributed by atoms with E-state index in [1.54, 1.807) is 12.3 Å². The first kappa shape index (κ1) is 21.8. The van der Waals surface area contributed by atoms with E-state index in [4.69, 9.17) is 4.74 Å². The number of rotatable bonds is 8. The number of non-ortho nitro benzene ring substituents is 1. The van der Waals surface area contributed by atoms with Crippen LogP contribution in [0.2, 0.25) is 0 Å². The highest BCUT2D eigenvalue weighted by atomic mass is 32.1. The molecule has 160 valence electrons. The van der Waals surface area contributed by atoms with Gasteiger partial charge in [0.05, 0.1) is 29.3 Å². The van der Waals surface area contributed by atoms with Crippen molar-refractivity contribution in [1.29, 1.82) is 0 Å². The number of nitrogens with zero attached hydrogens (tertiary/aromatic N) is 4. The van der Waals surface area contributed by atoms with Crippen molar-refractivity contribution in [2.24, 2.45) is 0 Å². The lowest BCUT2D eigenvalue weighted by molar-refractivity contribution is -0.384. The summed E-state index contributed by atoms with van der Waals surface area (Å²) in [6, 6.07) is 8.41. The predicted molar refractivity (Wildman–Crippen MR) is 112 cm³/mol. The first-order valence-corrected chi connectivity index (χ1v) is 9.96. The van der Waals surface area contributed by atoms with Gasteiger partial charge in [0.2, 0.25) is 5.91 Å². The van der Waals surface area contributed by atoms with Crippen LogP contribution in [-0.2, 0) is 27.3 Å². The molecule has 0 spiro atoms. The predicted octanol–water partition coefficient (Wildman–Crippen LogP) is 2.02. The maximum absolute atomic E-state index is 12.3. The molecular formula is C19H17N5O6S. The van der Waals surface area contributed by atoms with Gasteiger partial charge < -0.3 is 10.1 Å². The lowest BCUT2D eigenvalue weighted by Gasteiger charge is -2.07. The normalized spacial score (nSPS) is 10.5. The number of nitro benzene ring substituents is 1. The van der Waals surface area contributed by atoms with Crippen LogP contribution in [0.1, 0.15) is 12.6 Å². The van der Waals surface area contributed by atoms with E-state index < -0.39 is 22.4 Å². The summed E-state index contributed by atoms with van der Waals surface area (Å²) in [7, 11) is 0. The molecule has 3 aromatic rings. The Hall–Kier alpha value is -3.93. The molecule has 0 aliphatic heterocycles. The molecule has 12 heteroatoms. The first-order valence-electron chi connectivity index (χ1n) is 9.08. The summed E-state index contributed by atoms with van der Waals surface area (Å²) in [6.45, 7) is 1.62. The Morgan fingerprint density at radius 3 is 2.65 bits per heavy atom. The summed E-state index contributed by atoms with van der Waals surface area (Å²) >= 11 is 1.14. The number of nitro groups is 1. The maximum atomic E-state index is 12.3. The third kappa shape index (κ3) is 5.79. The van der Waals surface area contributed by atoms with Gasteiger partial charge in [-0.15, -0.1) is 11.3 Å². The zero-order valence-corrected chi connectivity index (χ0v) is 17.1. The van der Waals surface area contributed by atoms with Crippen molar-refractivity contribution < 1.29 is 19.2 Å². The van der Waals surface area contributed by atoms with Crippen molar-refractivity contribution >= 4 is 34.0 Å². The van der Waals surface area contributed by atoms with Crippen molar-refractivity contribution in [3.05, 3.63) is 67.9 Å². The zero-order valence-electron chi connectivity index (χ0n) is 16.3. The Balaban J connectivity index is 1.68. The van der Waals surface area contributed by atoms with Crippen LogP contribution in [0.4, 0.5) is 10.8 Å². The Morgan fingerprint density at radius 2 is 1.97 bits per heavy atom. The van der Waals surface area contributed by atoms with Gasteiger partial charge >= 0.3 is 5.97 Å². The van der Waals surface area contributed by atoms with Crippen LogP contribution in [0.3, 0.4) is 0 Å². The molecule has 1 amide bonds. The summed E-state index contributed by atoms with van der Waals surface area (Å²) < 4.78 is 5.84. The molecule has 0 fully saturated rings. The monoisotopic (exact) mass is 443 g/mol. The SMILES string of the molecule is CCOC(=O)Cc1csc(NC(=O)Cn2nc(-c3ccc([N+](=O)[O-])cc3)ccc2=O)n1. The molecule has 0 saturated carbocycles. The number of ether oxygens (including phenoxy) is 1. The third-order valence-electron chi connectivity index (χ3n) is 3.96. The minimum Gasteiger partial charge on any atom is -0.466 e. The highest BCUT2D eigenvalue weighted by molar-refractivity contribution is 7.13. The molecule has 0 aliphatic rings. The van der Waals surface area contributed by atoms with E-state index in [0.717, 1.165) is 16.0 Å². The van der Waals surface area contributed by atoms with E-state index in [9.17, 15) is 24.5 Å². The lowest BCUT2D eigenvalue weighted by Crippen LogP contribution is -2.29. The summed E-state index contributed by atoms with van der Waals surface area (Å²) in [6.07, 6.45) is -0.00148. The van der Waals surface area contributed by atoms with Crippen molar-refractivity contribution in [3.8, 4) is 11.3 Å². The van der Waals surface area contributed by atoms with Gasteiger partial charge in [-0.1, -0.05) is 0 Å². The second-order valence-electron chi connectivity index (χ2n) is 6.19. The Morgan fingerprint density at radius 1 is 1.23 bits per heavy atom. The number of carbonyl (C=O) groups is 2. The number of thiazole rings is 1. The van der Waals surface area contributed by atoms with Crippen molar-refractivity contribution in [3.63, 3.8) is 0 Å². The van der Waals surface area contributed by atoms with Crippen LogP contribution in [0.25, 0.3) is 11.3 Å². The second-order valence-corrected chi connectivity index (χ2v) is 7.05. The van der Waals surface area contributed by atoms with Gasteiger partial charge in [0.25, 0.3) is 11.2 Å². The van der Waals surface area contributed by atoms with E-state index in [-0.39, 0.29) is 30.4 Å². The number of aromatic nitrogens is 3. The van der Waals surface area contributed by atoms with Crippen molar-refractivity contribution in [2.75, 3.05) is 11.9 Å². The minimum atomic E-state index is -0.521. The van der Waals surface area contributed by atoms with E-state index in [1.165, 1.54) is 36.4 Å². The fourth-order valence-electron chi connectivity index (χ4n) is 2.57. The summed E-state index contributed by atoms with van der Waals surface area (Å²) in [5, 5.41) is 19.4. The smallest absolute Gasteiger partial charge is 0.311 e. The van der Waals surface area contributed by atoms with Gasteiger partial charge in [-0.25, -0.2) is 9.67 Å². The first-order chi connectivity index (χ1) is 14.9. The van der Waals surface area contributed by atoms with Gasteiger partial charge in [-0.2, -0.15) is 5.10 Å². The van der Waals surface area contributed by atoms with Crippen LogP contribution < -0.4 is 10.9 Å². The van der Waals surface area contributed by atoms with Crippen LogP contribution in [0.5, 0.6) is 0 Å². The standard InChI is InChI=1S/C19H17N5O6S/c1-2-30-18(27)9-13-11-31-19(20-13)21-16(25)10-23-17(26)8-7-15(22-23)12-3-5-14(6-4-12)24(28)29/h3-8,11H,2,9-10H2,1H3,(H,20,21,25). The number of carbonyl (C=O) groups excluding carboxylic acids is 2. The van der Waals surface area contributed by atoms with E-state index >= 15 is 0 Å². The fraction of sp³-hybridized carbons (Fsp3) is 0.211. The van der Waals surface area contributed by atoms with Crippen molar-refractivity contribution in [1.82, 2.24) is 14.8 Å². The molecule has 11 nitrogen and oxygen atoms in total. The maximum Gasteiger partial charge on any atom is 0.311 e. The number of nitrogens with one attached hydrogen (secondary N) is 1. The molecule has 2 aromatic heterocycles. The molecule has 0 bridgehead atoms. The summed E-state index contributed by atoms with van der Waals surface area (Å²) in [5.74, 6) is -0.933. The second kappa shape index (κ2) is 9.71. The molecule has 0 saturated heterocycles. The fourth-order valence-corrected chi connectivity index (χ4v) is 3.30. The molecule has 0 radical (unpaired) electrons. The molecule has 2 heterocycles. The Bertz CT molecular complexity index is 1170. The zero-order chi connectivity index (χ0) is 22.4. The number of anilines is 1. The van der Waals surface area contributed by atoms with Crippen LogP contribution >= 0.6 is 11.3 Å². The highest BCUT2D eigenvalue weighted by Crippen LogP contribution is 2.20. The van der Waals surface area contributed by atoms with Crippen molar-refractivity contribution in [2.45, 2.75) is 19.9 Å². The molecule has 1 N–H and O–H groups in total. The van der Waals surface area contributed by atoms with Crippen LogP contribution in [0.15, 0.2) is 46.6 Å². The Labute approximate surface area is 179 Å². The molecule has 0 unspecified atom stereocenters. The van der Waals surface area contributed by atoms with Crippen LogP contribution in [-0.4, -0.2) is 38.2 Å². The highest BCUT2D eigenvalue weighted by Gasteiger charge is 2.13. The minimum absolute atomic E-state index is 0.00148. The molecule has 31 heavy (non-hydrogen) atoms. The number of esters is 1. The topological polar surface area (TPSA) is 146 Å². The van der Waals surface area contributed by atoms with E-state index in [0.29, 0.717) is 17.0 Å². The number of hydrogen-bond donors (Lipinski definition) is 1. The average molecular weight is 443 g/mol. The molecule has 0 aliphatic carbocycles. The van der Waals surface area contributed by atoms with Gasteiger partial charge in [0, 0.05) is 29.1 Å². The number of hydrogen-bond acceptors (Lipinski definition) is 9. The van der Waals surface area contributed by atoms with E-state index in [2.05, 4.69) is 15.4 Å². The quantitative estimate of drug-likeness (QED) is 0.316. The van der Waals surface area contributed by atoms with E-state index in [1.807, 2.05) is 0 Å². The van der Waals surface area contributed by atoms with Gasteiger partial charge in [-0.05, 0) is 25.1 Å². The summed E-state index contributed by atoms with van der Waals surface area (Å²) in [5.41, 5.74) is 0.857. The largest absolute Gasteiger partial charge is 0.466 e. The molecular weight excluding hydrogens is 426 g/mol. The Kier molecular flexibility index (Phi) is 6.82. The van der Waals surface area contributed by atoms with Gasteiger partial charge in [-0.3, -0.25) is 24.5 Å². The average Bonchev–Trinajstić information content (AvgIpc) is 3.16. The molecule has 0 atom stereocenters. The number of benzene rings is 1. The third-order valence-corrected chi connectivity index (χ3v) is 4.77. The molecule has 3 rings (SSSR count). The molecule has 1 aromatic carbocycles. The lowest BCUT2D eigenvalue weighted by atomic mass is 10.1. The van der Waals surface area contributed by atoms with Gasteiger partial charge in [0.15, 0.2) is 5.13 Å².